The Morgan fingerprint density at radius 1 is 0.925 bits per heavy atom. The minimum Gasteiger partial charge on any atom is -0.489 e. The van der Waals surface area contributed by atoms with Crippen LogP contribution in [-0.4, -0.2) is 33.4 Å². The molecule has 0 radical (unpaired) electrons. The highest BCUT2D eigenvalue weighted by atomic mass is 19.1. The summed E-state index contributed by atoms with van der Waals surface area (Å²) >= 11 is 0. The van der Waals surface area contributed by atoms with E-state index in [1.54, 1.807) is 12.1 Å². The van der Waals surface area contributed by atoms with E-state index >= 15 is 0 Å². The molecule has 5 aromatic rings. The number of carbonyl (C=O) groups excluding carboxylic acids is 1. The molecule has 4 aromatic carbocycles. The summed E-state index contributed by atoms with van der Waals surface area (Å²) in [5, 5.41) is 3.08. The molecule has 1 N–H and O–H groups in total. The summed E-state index contributed by atoms with van der Waals surface area (Å²) in [6.45, 7) is 2.64. The summed E-state index contributed by atoms with van der Waals surface area (Å²) in [6.07, 6.45) is 1.77. The first-order chi connectivity index (χ1) is 19.6. The average molecular weight is 535 g/mol. The van der Waals surface area contributed by atoms with Gasteiger partial charge in [0.25, 0.3) is 0 Å². The number of amides is 1. The number of rotatable bonds is 8. The van der Waals surface area contributed by atoms with Crippen molar-refractivity contribution in [3.05, 3.63) is 120 Å². The van der Waals surface area contributed by atoms with Crippen molar-refractivity contribution in [3.8, 4) is 11.4 Å². The lowest BCUT2D eigenvalue weighted by Gasteiger charge is -2.31. The monoisotopic (exact) mass is 534 g/mol. The Balaban J connectivity index is 1.10. The number of halogens is 1. The first kappa shape index (κ1) is 25.8. The number of para-hydroxylation sites is 2. The number of benzene rings is 4. The lowest BCUT2D eigenvalue weighted by atomic mass is 9.97. The van der Waals surface area contributed by atoms with Crippen LogP contribution in [0.2, 0.25) is 0 Å². The van der Waals surface area contributed by atoms with Crippen molar-refractivity contribution in [1.29, 1.82) is 0 Å². The number of nitrogens with zero attached hydrogens (tertiary/aromatic N) is 3. The van der Waals surface area contributed by atoms with E-state index in [1.807, 2.05) is 78.9 Å². The SMILES string of the molecule is O=C(Nc1ccc(OCc2ccccc2)cc1)[C@@H]1CCCN(Cc2nc3ccccc3n2-c2ccc(F)cc2)C1. The number of hydrogen-bond donors (Lipinski definition) is 1. The van der Waals surface area contributed by atoms with Crippen LogP contribution in [0.15, 0.2) is 103 Å². The first-order valence-corrected chi connectivity index (χ1v) is 13.6. The Kier molecular flexibility index (Phi) is 7.55. The van der Waals surface area contributed by atoms with Crippen molar-refractivity contribution in [2.75, 3.05) is 18.4 Å². The minimum atomic E-state index is -0.269. The molecule has 1 aliphatic rings. The van der Waals surface area contributed by atoms with Gasteiger partial charge in [-0.2, -0.15) is 0 Å². The number of piperidine rings is 1. The number of carbonyl (C=O) groups is 1. The van der Waals surface area contributed by atoms with Gasteiger partial charge < -0.3 is 10.1 Å². The number of hydrogen-bond acceptors (Lipinski definition) is 4. The van der Waals surface area contributed by atoms with Gasteiger partial charge in [0.15, 0.2) is 0 Å². The van der Waals surface area contributed by atoms with E-state index in [0.717, 1.165) is 58.9 Å². The zero-order valence-electron chi connectivity index (χ0n) is 22.2. The van der Waals surface area contributed by atoms with Crippen LogP contribution in [-0.2, 0) is 17.9 Å². The van der Waals surface area contributed by atoms with Crippen LogP contribution in [0.3, 0.4) is 0 Å². The number of aromatic nitrogens is 2. The third-order valence-corrected chi connectivity index (χ3v) is 7.33. The number of likely N-dealkylation sites (tertiary alicyclic amines) is 1. The Hall–Kier alpha value is -4.49. The summed E-state index contributed by atoms with van der Waals surface area (Å²) in [7, 11) is 0. The van der Waals surface area contributed by atoms with Gasteiger partial charge >= 0.3 is 0 Å². The van der Waals surface area contributed by atoms with Crippen LogP contribution < -0.4 is 10.1 Å². The van der Waals surface area contributed by atoms with Crippen LogP contribution in [0.4, 0.5) is 10.1 Å². The molecule has 2 heterocycles. The van der Waals surface area contributed by atoms with E-state index < -0.39 is 0 Å². The molecule has 1 atom stereocenters. The molecule has 202 valence electrons. The summed E-state index contributed by atoms with van der Waals surface area (Å²) in [4.78, 5) is 20.4. The van der Waals surface area contributed by atoms with Crippen LogP contribution >= 0.6 is 0 Å². The van der Waals surface area contributed by atoms with E-state index in [4.69, 9.17) is 9.72 Å². The van der Waals surface area contributed by atoms with Gasteiger partial charge in [-0.05, 0) is 85.6 Å². The molecule has 6 nitrogen and oxygen atoms in total. The fourth-order valence-electron chi connectivity index (χ4n) is 5.29. The van der Waals surface area contributed by atoms with E-state index in [-0.39, 0.29) is 17.6 Å². The van der Waals surface area contributed by atoms with Crippen LogP contribution in [0.5, 0.6) is 5.75 Å². The van der Waals surface area contributed by atoms with Crippen molar-refractivity contribution in [2.45, 2.75) is 26.0 Å². The molecule has 0 spiro atoms. The van der Waals surface area contributed by atoms with Crippen molar-refractivity contribution in [1.82, 2.24) is 14.5 Å². The van der Waals surface area contributed by atoms with E-state index in [1.165, 1.54) is 12.1 Å². The fraction of sp³-hybridized carbons (Fsp3) is 0.212. The lowest BCUT2D eigenvalue weighted by molar-refractivity contribution is -0.121. The Morgan fingerprint density at radius 2 is 1.68 bits per heavy atom. The van der Waals surface area contributed by atoms with Gasteiger partial charge in [-0.1, -0.05) is 42.5 Å². The second-order valence-electron chi connectivity index (χ2n) is 10.2. The molecule has 1 fully saturated rings. The molecule has 40 heavy (non-hydrogen) atoms. The Bertz CT molecular complexity index is 1580. The van der Waals surface area contributed by atoms with Crippen molar-refractivity contribution >= 4 is 22.6 Å². The van der Waals surface area contributed by atoms with Gasteiger partial charge in [0.05, 0.1) is 23.5 Å². The maximum Gasteiger partial charge on any atom is 0.228 e. The summed E-state index contributed by atoms with van der Waals surface area (Å²) in [5.41, 5.74) is 4.60. The van der Waals surface area contributed by atoms with Crippen molar-refractivity contribution < 1.29 is 13.9 Å². The molecular formula is C33H31FN4O2. The van der Waals surface area contributed by atoms with Crippen molar-refractivity contribution in [3.63, 3.8) is 0 Å². The summed E-state index contributed by atoms with van der Waals surface area (Å²) in [6, 6.07) is 32.0. The van der Waals surface area contributed by atoms with Gasteiger partial charge in [0, 0.05) is 17.9 Å². The molecule has 1 aliphatic heterocycles. The number of anilines is 1. The standard InChI is InChI=1S/C33H31FN4O2/c34-26-12-16-28(17-13-26)38-31-11-5-4-10-30(31)36-32(38)22-37-20-6-9-25(21-37)33(39)35-27-14-18-29(19-15-27)40-23-24-7-2-1-3-8-24/h1-5,7-8,10-19,25H,6,9,20-23H2,(H,35,39)/t25-/m1/s1. The highest BCUT2D eigenvalue weighted by molar-refractivity contribution is 5.92. The molecule has 0 bridgehead atoms. The zero-order chi connectivity index (χ0) is 27.3. The summed E-state index contributed by atoms with van der Waals surface area (Å²) < 4.78 is 21.6. The molecule has 1 amide bonds. The predicted octanol–water partition coefficient (Wildman–Crippen LogP) is 6.59. The van der Waals surface area contributed by atoms with Gasteiger partial charge in [-0.25, -0.2) is 9.37 Å². The topological polar surface area (TPSA) is 59.4 Å². The van der Waals surface area contributed by atoms with Gasteiger partial charge in [-0.3, -0.25) is 14.3 Å². The fourth-order valence-corrected chi connectivity index (χ4v) is 5.29. The minimum absolute atomic E-state index is 0.0229. The maximum atomic E-state index is 13.6. The van der Waals surface area contributed by atoms with E-state index in [0.29, 0.717) is 19.7 Å². The zero-order valence-corrected chi connectivity index (χ0v) is 22.2. The number of imidazole rings is 1. The first-order valence-electron chi connectivity index (χ1n) is 13.6. The van der Waals surface area contributed by atoms with Gasteiger partial charge in [0.2, 0.25) is 5.91 Å². The number of fused-ring (bicyclic) bond motifs is 1. The highest BCUT2D eigenvalue weighted by Crippen LogP contribution is 2.26. The Labute approximate surface area is 233 Å². The second-order valence-corrected chi connectivity index (χ2v) is 10.2. The molecule has 0 unspecified atom stereocenters. The third-order valence-electron chi connectivity index (χ3n) is 7.33. The van der Waals surface area contributed by atoms with Crippen LogP contribution in [0, 0.1) is 11.7 Å². The maximum absolute atomic E-state index is 13.6. The highest BCUT2D eigenvalue weighted by Gasteiger charge is 2.27. The molecular weight excluding hydrogens is 503 g/mol. The second kappa shape index (κ2) is 11.7. The van der Waals surface area contributed by atoms with E-state index in [9.17, 15) is 9.18 Å². The largest absolute Gasteiger partial charge is 0.489 e. The van der Waals surface area contributed by atoms with Crippen molar-refractivity contribution in [2.24, 2.45) is 5.92 Å². The van der Waals surface area contributed by atoms with Crippen LogP contribution in [0.1, 0.15) is 24.2 Å². The average Bonchev–Trinajstić information content (AvgIpc) is 3.35. The lowest BCUT2D eigenvalue weighted by Crippen LogP contribution is -2.40. The van der Waals surface area contributed by atoms with E-state index in [2.05, 4.69) is 14.8 Å². The quantitative estimate of drug-likeness (QED) is 0.244. The van der Waals surface area contributed by atoms with Gasteiger partial charge in [-0.15, -0.1) is 0 Å². The normalized spacial score (nSPS) is 15.7. The molecule has 0 aliphatic carbocycles. The molecule has 6 rings (SSSR count). The molecule has 1 saturated heterocycles. The van der Waals surface area contributed by atoms with Crippen LogP contribution in [0.25, 0.3) is 16.7 Å². The Morgan fingerprint density at radius 3 is 2.48 bits per heavy atom. The number of ether oxygens (including phenoxy) is 1. The molecule has 7 heteroatoms. The predicted molar refractivity (Wildman–Crippen MR) is 155 cm³/mol. The molecule has 1 aromatic heterocycles. The molecule has 0 saturated carbocycles. The number of nitrogens with one attached hydrogen (secondary N) is 1. The summed E-state index contributed by atoms with van der Waals surface area (Å²) in [5.74, 6) is 1.27. The van der Waals surface area contributed by atoms with Gasteiger partial charge in [0.1, 0.15) is 24.0 Å². The smallest absolute Gasteiger partial charge is 0.228 e. The third kappa shape index (κ3) is 5.90.